The number of halogens is 6. The number of hydrogen-bond donors (Lipinski definition) is 0. The van der Waals surface area contributed by atoms with Crippen LogP contribution in [0.25, 0.3) is 0 Å². The number of alkyl halides is 4. The fraction of sp³-hybridized carbons (Fsp3) is 0.455. The molecule has 1 rings (SSSR count). The Hall–Kier alpha value is -0.690. The molecule has 0 N–H and O–H groups in total. The SMILES string of the molecule is COC(CC(F)(F)C(F)F)c1cc(F)ccc1Br. The predicted octanol–water partition coefficient (Wildman–Crippen LogP) is 4.57. The highest BCUT2D eigenvalue weighted by Gasteiger charge is 2.43. The molecule has 0 fully saturated rings. The molecule has 7 heteroatoms. The lowest BCUT2D eigenvalue weighted by Crippen LogP contribution is -2.29. The van der Waals surface area contributed by atoms with Crippen LogP contribution in [0.4, 0.5) is 22.0 Å². The summed E-state index contributed by atoms with van der Waals surface area (Å²) in [6.45, 7) is 0. The van der Waals surface area contributed by atoms with Gasteiger partial charge in [0.15, 0.2) is 0 Å². The minimum Gasteiger partial charge on any atom is -0.376 e. The van der Waals surface area contributed by atoms with Gasteiger partial charge in [-0.1, -0.05) is 15.9 Å². The second-order valence-electron chi connectivity index (χ2n) is 3.66. The zero-order chi connectivity index (χ0) is 13.9. The van der Waals surface area contributed by atoms with E-state index in [1.165, 1.54) is 6.07 Å². The number of methoxy groups -OCH3 is 1. The summed E-state index contributed by atoms with van der Waals surface area (Å²) >= 11 is 3.04. The van der Waals surface area contributed by atoms with Crippen molar-refractivity contribution in [3.05, 3.63) is 34.1 Å². The van der Waals surface area contributed by atoms with E-state index in [2.05, 4.69) is 15.9 Å². The number of hydrogen-bond acceptors (Lipinski definition) is 1. The third kappa shape index (κ3) is 3.65. The summed E-state index contributed by atoms with van der Waals surface area (Å²) < 4.78 is 68.2. The molecule has 18 heavy (non-hydrogen) atoms. The van der Waals surface area contributed by atoms with E-state index >= 15 is 0 Å². The van der Waals surface area contributed by atoms with Crippen LogP contribution in [-0.2, 0) is 4.74 Å². The first-order chi connectivity index (χ1) is 8.27. The molecule has 0 aliphatic carbocycles. The third-order valence-corrected chi connectivity index (χ3v) is 3.09. The minimum atomic E-state index is -4.19. The van der Waals surface area contributed by atoms with Crippen molar-refractivity contribution in [3.8, 4) is 0 Å². The Morgan fingerprint density at radius 2 is 1.94 bits per heavy atom. The van der Waals surface area contributed by atoms with Crippen molar-refractivity contribution < 1.29 is 26.7 Å². The molecular formula is C11H10BrF5O. The van der Waals surface area contributed by atoms with Crippen LogP contribution in [0.3, 0.4) is 0 Å². The predicted molar refractivity (Wildman–Crippen MR) is 59.4 cm³/mol. The Morgan fingerprint density at radius 3 is 2.44 bits per heavy atom. The molecule has 0 aliphatic heterocycles. The number of ether oxygens (including phenoxy) is 1. The highest BCUT2D eigenvalue weighted by Crippen LogP contribution is 2.37. The normalized spacial score (nSPS) is 14.0. The summed E-state index contributed by atoms with van der Waals surface area (Å²) in [5.74, 6) is -4.84. The molecule has 0 aliphatic rings. The van der Waals surface area contributed by atoms with Crippen LogP contribution < -0.4 is 0 Å². The molecule has 102 valence electrons. The van der Waals surface area contributed by atoms with E-state index in [1.807, 2.05) is 0 Å². The van der Waals surface area contributed by atoms with Gasteiger partial charge in [-0.3, -0.25) is 0 Å². The molecule has 0 amide bonds. The van der Waals surface area contributed by atoms with E-state index in [0.29, 0.717) is 4.47 Å². The fourth-order valence-corrected chi connectivity index (χ4v) is 1.92. The van der Waals surface area contributed by atoms with Gasteiger partial charge in [0.25, 0.3) is 0 Å². The minimum absolute atomic E-state index is 0.0674. The first-order valence-electron chi connectivity index (χ1n) is 4.91. The molecule has 0 spiro atoms. The zero-order valence-electron chi connectivity index (χ0n) is 9.27. The topological polar surface area (TPSA) is 9.23 Å². The van der Waals surface area contributed by atoms with E-state index < -0.39 is 30.7 Å². The van der Waals surface area contributed by atoms with Crippen LogP contribution in [0.5, 0.6) is 0 Å². The standard InChI is InChI=1S/C11H10BrF5O/c1-18-9(5-11(16,17)10(14)15)7-4-6(13)2-3-8(7)12/h2-4,9-10H,5H2,1H3. The monoisotopic (exact) mass is 332 g/mol. The molecule has 1 unspecified atom stereocenters. The van der Waals surface area contributed by atoms with E-state index in [1.54, 1.807) is 0 Å². The molecular weight excluding hydrogens is 323 g/mol. The molecule has 0 aromatic heterocycles. The van der Waals surface area contributed by atoms with Gasteiger partial charge in [-0.05, 0) is 23.8 Å². The van der Waals surface area contributed by atoms with Gasteiger partial charge >= 0.3 is 12.3 Å². The van der Waals surface area contributed by atoms with E-state index in [4.69, 9.17) is 4.74 Å². The fourth-order valence-electron chi connectivity index (χ4n) is 1.42. The van der Waals surface area contributed by atoms with Crippen LogP contribution in [-0.4, -0.2) is 19.5 Å². The highest BCUT2D eigenvalue weighted by molar-refractivity contribution is 9.10. The summed E-state index contributed by atoms with van der Waals surface area (Å²) in [4.78, 5) is 0. The summed E-state index contributed by atoms with van der Waals surface area (Å²) in [6.07, 6.45) is -6.33. The Kier molecular flexibility index (Phi) is 5.10. The lowest BCUT2D eigenvalue weighted by Gasteiger charge is -2.23. The lowest BCUT2D eigenvalue weighted by molar-refractivity contribution is -0.152. The van der Waals surface area contributed by atoms with Crippen LogP contribution in [0.1, 0.15) is 18.1 Å². The first kappa shape index (κ1) is 15.4. The third-order valence-electron chi connectivity index (χ3n) is 2.37. The zero-order valence-corrected chi connectivity index (χ0v) is 10.9. The van der Waals surface area contributed by atoms with Crippen molar-refractivity contribution in [2.75, 3.05) is 7.11 Å². The van der Waals surface area contributed by atoms with Crippen molar-refractivity contribution in [3.63, 3.8) is 0 Å². The Morgan fingerprint density at radius 1 is 1.33 bits per heavy atom. The van der Waals surface area contributed by atoms with E-state index in [-0.39, 0.29) is 5.56 Å². The molecule has 0 radical (unpaired) electrons. The van der Waals surface area contributed by atoms with Gasteiger partial charge in [-0.25, -0.2) is 22.0 Å². The van der Waals surface area contributed by atoms with Crippen LogP contribution in [0.15, 0.2) is 22.7 Å². The largest absolute Gasteiger partial charge is 0.376 e. The maximum absolute atomic E-state index is 13.0. The van der Waals surface area contributed by atoms with Crippen molar-refractivity contribution >= 4 is 15.9 Å². The van der Waals surface area contributed by atoms with Gasteiger partial charge in [-0.15, -0.1) is 0 Å². The van der Waals surface area contributed by atoms with Crippen molar-refractivity contribution in [2.24, 2.45) is 0 Å². The van der Waals surface area contributed by atoms with Crippen molar-refractivity contribution in [1.29, 1.82) is 0 Å². The maximum atomic E-state index is 13.0. The molecule has 0 saturated heterocycles. The van der Waals surface area contributed by atoms with Crippen LogP contribution in [0, 0.1) is 5.82 Å². The summed E-state index contributed by atoms with van der Waals surface area (Å²) in [5, 5.41) is 0. The smallest absolute Gasteiger partial charge is 0.310 e. The second-order valence-corrected chi connectivity index (χ2v) is 4.51. The van der Waals surface area contributed by atoms with Crippen LogP contribution >= 0.6 is 15.9 Å². The summed E-state index contributed by atoms with van der Waals surface area (Å²) in [7, 11) is 1.10. The average molecular weight is 333 g/mol. The Balaban J connectivity index is 3.00. The number of rotatable bonds is 5. The van der Waals surface area contributed by atoms with Crippen molar-refractivity contribution in [1.82, 2.24) is 0 Å². The maximum Gasteiger partial charge on any atom is 0.310 e. The molecule has 1 aromatic rings. The van der Waals surface area contributed by atoms with Gasteiger partial charge in [-0.2, -0.15) is 0 Å². The van der Waals surface area contributed by atoms with Crippen LogP contribution in [0.2, 0.25) is 0 Å². The van der Waals surface area contributed by atoms with Gasteiger partial charge in [0.2, 0.25) is 0 Å². The molecule has 1 aromatic carbocycles. The van der Waals surface area contributed by atoms with Gasteiger partial charge < -0.3 is 4.74 Å². The lowest BCUT2D eigenvalue weighted by atomic mass is 10.0. The Labute approximate surface area is 109 Å². The van der Waals surface area contributed by atoms with Gasteiger partial charge in [0, 0.05) is 18.0 Å². The van der Waals surface area contributed by atoms with Gasteiger partial charge in [0.1, 0.15) is 5.82 Å². The summed E-state index contributed by atoms with van der Waals surface area (Å²) in [6, 6.07) is 3.39. The molecule has 0 bridgehead atoms. The molecule has 1 nitrogen and oxygen atoms in total. The number of benzene rings is 1. The molecule has 0 saturated carbocycles. The Bertz CT molecular complexity index is 410. The van der Waals surface area contributed by atoms with Crippen molar-refractivity contribution in [2.45, 2.75) is 24.9 Å². The average Bonchev–Trinajstić information content (AvgIpc) is 2.29. The first-order valence-corrected chi connectivity index (χ1v) is 5.71. The highest BCUT2D eigenvalue weighted by atomic mass is 79.9. The summed E-state index contributed by atoms with van der Waals surface area (Å²) in [5.41, 5.74) is 0.0674. The van der Waals surface area contributed by atoms with E-state index in [9.17, 15) is 22.0 Å². The van der Waals surface area contributed by atoms with Gasteiger partial charge in [0.05, 0.1) is 6.10 Å². The molecule has 0 heterocycles. The quantitative estimate of drug-likeness (QED) is 0.718. The molecule has 1 atom stereocenters. The van der Waals surface area contributed by atoms with E-state index in [0.717, 1.165) is 19.2 Å². The second kappa shape index (κ2) is 5.97.